The molecule has 0 fully saturated rings. The summed E-state index contributed by atoms with van der Waals surface area (Å²) in [5.74, 6) is -0.247. The molecule has 42 heavy (non-hydrogen) atoms. The number of nitrogens with one attached hydrogen (secondary N) is 3. The van der Waals surface area contributed by atoms with Gasteiger partial charge in [0.1, 0.15) is 0 Å². The molecule has 2 heterocycles. The zero-order valence-corrected chi connectivity index (χ0v) is 25.5. The van der Waals surface area contributed by atoms with Crippen molar-refractivity contribution in [2.24, 2.45) is 7.05 Å². The van der Waals surface area contributed by atoms with E-state index < -0.39 is 22.1 Å². The predicted molar refractivity (Wildman–Crippen MR) is 157 cm³/mol. The highest BCUT2D eigenvalue weighted by atomic mass is 32.2. The van der Waals surface area contributed by atoms with E-state index >= 15 is 0 Å². The number of imide groups is 1. The topological polar surface area (TPSA) is 146 Å². The fraction of sp³-hybridized carbons (Fsp3) is 0.517. The Morgan fingerprint density at radius 1 is 1.07 bits per heavy atom. The third-order valence-electron chi connectivity index (χ3n) is 8.38. The molecule has 2 aliphatic carbocycles. The number of carbonyl (C=O) groups is 3. The van der Waals surface area contributed by atoms with Crippen LogP contribution in [0.3, 0.4) is 0 Å². The van der Waals surface area contributed by atoms with E-state index in [0.717, 1.165) is 60.9 Å². The third-order valence-corrected chi connectivity index (χ3v) is 9.59. The standard InChI is InChI=1S/C29H39N7O5S/c1-5-22-18(2)16-36(27(22)37)29(39)30-12-13-34(3)17-21-15-25(32-35(21)4)42(40,41)33-28(38)31-26-23-10-6-8-19(23)14-20-9-7-11-24(20)26/h14-15H,5-13,16-17H2,1-4H3,(H,30,39)(H2,31,33,38). The molecule has 5 rings (SSSR count). The Morgan fingerprint density at radius 2 is 1.74 bits per heavy atom. The maximum absolute atomic E-state index is 13.1. The van der Waals surface area contributed by atoms with Gasteiger partial charge in [0.15, 0.2) is 5.03 Å². The maximum atomic E-state index is 13.1. The molecule has 3 aliphatic rings. The first kappa shape index (κ1) is 29.8. The van der Waals surface area contributed by atoms with Crippen LogP contribution in [0.25, 0.3) is 0 Å². The summed E-state index contributed by atoms with van der Waals surface area (Å²) in [4.78, 5) is 40.9. The molecule has 0 saturated heterocycles. The molecule has 3 N–H and O–H groups in total. The van der Waals surface area contributed by atoms with E-state index in [1.54, 1.807) is 7.05 Å². The molecule has 0 unspecified atom stereocenters. The number of anilines is 1. The van der Waals surface area contributed by atoms with E-state index in [4.69, 9.17) is 0 Å². The Balaban J connectivity index is 1.15. The van der Waals surface area contributed by atoms with Crippen LogP contribution < -0.4 is 15.4 Å². The molecule has 0 spiro atoms. The van der Waals surface area contributed by atoms with E-state index in [9.17, 15) is 22.8 Å². The monoisotopic (exact) mass is 597 g/mol. The summed E-state index contributed by atoms with van der Waals surface area (Å²) in [6.07, 6.45) is 6.35. The van der Waals surface area contributed by atoms with Gasteiger partial charge in [-0.15, -0.1) is 0 Å². The van der Waals surface area contributed by atoms with Gasteiger partial charge >= 0.3 is 12.1 Å². The zero-order valence-electron chi connectivity index (χ0n) is 24.7. The normalized spacial score (nSPS) is 16.3. The number of nitrogens with zero attached hydrogens (tertiary/aromatic N) is 4. The minimum absolute atomic E-state index is 0.247. The van der Waals surface area contributed by atoms with Gasteiger partial charge in [-0.3, -0.25) is 19.3 Å². The number of amides is 5. The second-order valence-electron chi connectivity index (χ2n) is 11.4. The highest BCUT2D eigenvalue weighted by Crippen LogP contribution is 2.38. The van der Waals surface area contributed by atoms with Crippen LogP contribution in [0, 0.1) is 0 Å². The van der Waals surface area contributed by atoms with Crippen molar-refractivity contribution in [2.45, 2.75) is 70.4 Å². The lowest BCUT2D eigenvalue weighted by Crippen LogP contribution is -2.44. The van der Waals surface area contributed by atoms with E-state index in [1.165, 1.54) is 26.8 Å². The van der Waals surface area contributed by atoms with E-state index in [2.05, 4.69) is 26.5 Å². The summed E-state index contributed by atoms with van der Waals surface area (Å²) in [5, 5.41) is 9.53. The highest BCUT2D eigenvalue weighted by Gasteiger charge is 2.31. The number of sulfonamides is 1. The Bertz CT molecular complexity index is 1540. The zero-order chi connectivity index (χ0) is 30.2. The average Bonchev–Trinajstić information content (AvgIpc) is 3.71. The molecule has 0 radical (unpaired) electrons. The summed E-state index contributed by atoms with van der Waals surface area (Å²) >= 11 is 0. The summed E-state index contributed by atoms with van der Waals surface area (Å²) in [6.45, 7) is 5.18. The Hall–Kier alpha value is -3.71. The Labute approximate surface area is 246 Å². The minimum Gasteiger partial charge on any atom is -0.336 e. The molecule has 0 bridgehead atoms. The molecule has 12 nitrogen and oxygen atoms in total. The molecule has 1 aliphatic heterocycles. The van der Waals surface area contributed by atoms with Crippen LogP contribution in [0.1, 0.15) is 61.1 Å². The molecule has 1 aromatic heterocycles. The molecular formula is C29H39N7O5S. The fourth-order valence-electron chi connectivity index (χ4n) is 6.21. The van der Waals surface area contributed by atoms with Crippen molar-refractivity contribution in [3.8, 4) is 0 Å². The first-order chi connectivity index (χ1) is 20.0. The number of aryl methyl sites for hydroxylation is 3. The molecule has 5 amide bonds. The first-order valence-corrected chi connectivity index (χ1v) is 16.0. The van der Waals surface area contributed by atoms with Crippen molar-refractivity contribution >= 4 is 33.7 Å². The van der Waals surface area contributed by atoms with Crippen molar-refractivity contribution in [1.29, 1.82) is 0 Å². The number of hydrogen-bond acceptors (Lipinski definition) is 7. The van der Waals surface area contributed by atoms with Gasteiger partial charge < -0.3 is 10.6 Å². The van der Waals surface area contributed by atoms with Gasteiger partial charge in [-0.2, -0.15) is 13.5 Å². The van der Waals surface area contributed by atoms with Crippen molar-refractivity contribution in [3.63, 3.8) is 0 Å². The van der Waals surface area contributed by atoms with Crippen LogP contribution in [0.2, 0.25) is 0 Å². The van der Waals surface area contributed by atoms with Gasteiger partial charge in [-0.25, -0.2) is 14.3 Å². The quantitative estimate of drug-likeness (QED) is 0.403. The summed E-state index contributed by atoms with van der Waals surface area (Å²) in [7, 11) is -0.740. The van der Waals surface area contributed by atoms with E-state index in [-0.39, 0.29) is 10.9 Å². The number of rotatable bonds is 9. The minimum atomic E-state index is -4.21. The third kappa shape index (κ3) is 5.93. The lowest BCUT2D eigenvalue weighted by Gasteiger charge is -2.19. The van der Waals surface area contributed by atoms with Crippen LogP contribution in [-0.4, -0.2) is 72.6 Å². The molecule has 2 aromatic rings. The summed E-state index contributed by atoms with van der Waals surface area (Å²) < 4.78 is 29.7. The van der Waals surface area contributed by atoms with Crippen LogP contribution in [0.4, 0.5) is 15.3 Å². The molecule has 0 atom stereocenters. The molecular weight excluding hydrogens is 558 g/mol. The van der Waals surface area contributed by atoms with Gasteiger partial charge in [0.2, 0.25) is 0 Å². The van der Waals surface area contributed by atoms with Crippen LogP contribution in [0.5, 0.6) is 0 Å². The maximum Gasteiger partial charge on any atom is 0.333 e. The largest absolute Gasteiger partial charge is 0.336 e. The number of fused-ring (bicyclic) bond motifs is 2. The molecule has 13 heteroatoms. The van der Waals surface area contributed by atoms with Crippen molar-refractivity contribution in [2.75, 3.05) is 32.0 Å². The molecule has 0 saturated carbocycles. The van der Waals surface area contributed by atoms with Gasteiger partial charge in [-0.1, -0.05) is 13.0 Å². The average molecular weight is 598 g/mol. The number of hydrogen-bond donors (Lipinski definition) is 3. The van der Waals surface area contributed by atoms with E-state index in [1.807, 2.05) is 25.8 Å². The van der Waals surface area contributed by atoms with Gasteiger partial charge in [0.25, 0.3) is 15.9 Å². The number of carbonyl (C=O) groups excluding carboxylic acids is 3. The fourth-order valence-corrected chi connectivity index (χ4v) is 7.13. The van der Waals surface area contributed by atoms with Gasteiger partial charge in [0, 0.05) is 44.0 Å². The Morgan fingerprint density at radius 3 is 2.36 bits per heavy atom. The lowest BCUT2D eigenvalue weighted by molar-refractivity contribution is -0.123. The number of aromatic nitrogens is 2. The molecule has 1 aromatic carbocycles. The highest BCUT2D eigenvalue weighted by molar-refractivity contribution is 7.90. The Kier molecular flexibility index (Phi) is 8.42. The van der Waals surface area contributed by atoms with Crippen LogP contribution in [-0.2, 0) is 54.1 Å². The number of urea groups is 2. The SMILES string of the molecule is CCC1=C(C)CN(C(=O)NCCN(C)Cc2cc(S(=O)(=O)NC(=O)Nc3c4c(cc5c3CCC5)CCC4)nn2C)C1=O. The van der Waals surface area contributed by atoms with Crippen LogP contribution in [0.15, 0.2) is 28.3 Å². The van der Waals surface area contributed by atoms with Gasteiger partial charge in [-0.05, 0) is 86.7 Å². The number of benzene rings is 1. The predicted octanol–water partition coefficient (Wildman–Crippen LogP) is 2.62. The summed E-state index contributed by atoms with van der Waals surface area (Å²) in [5.41, 5.74) is 7.71. The summed E-state index contributed by atoms with van der Waals surface area (Å²) in [6, 6.07) is 2.46. The second kappa shape index (κ2) is 11.9. The van der Waals surface area contributed by atoms with Crippen molar-refractivity contribution in [3.05, 3.63) is 51.2 Å². The molecule has 226 valence electrons. The second-order valence-corrected chi connectivity index (χ2v) is 13.0. The first-order valence-electron chi connectivity index (χ1n) is 14.5. The van der Waals surface area contributed by atoms with Crippen LogP contribution >= 0.6 is 0 Å². The van der Waals surface area contributed by atoms with Crippen molar-refractivity contribution < 1.29 is 22.8 Å². The number of likely N-dealkylation sites (N-methyl/N-ethyl adjacent to an activating group) is 1. The lowest BCUT2D eigenvalue weighted by atomic mass is 9.99. The van der Waals surface area contributed by atoms with Crippen molar-refractivity contribution in [1.82, 2.24) is 29.6 Å². The van der Waals surface area contributed by atoms with Gasteiger partial charge in [0.05, 0.1) is 12.2 Å². The van der Waals surface area contributed by atoms with E-state index in [0.29, 0.717) is 43.9 Å². The smallest absolute Gasteiger partial charge is 0.333 e.